The van der Waals surface area contributed by atoms with Crippen LogP contribution in [0.1, 0.15) is 15.9 Å². The van der Waals surface area contributed by atoms with Gasteiger partial charge >= 0.3 is 0 Å². The number of rotatable bonds is 1. The van der Waals surface area contributed by atoms with Crippen LogP contribution in [0.15, 0.2) is 48.5 Å². The minimum Gasteiger partial charge on any atom is -0.341 e. The van der Waals surface area contributed by atoms with E-state index < -0.39 is 0 Å². The largest absolute Gasteiger partial charge is 0.341 e. The summed E-state index contributed by atoms with van der Waals surface area (Å²) in [6, 6.07) is 16.4. The fourth-order valence-electron chi connectivity index (χ4n) is 2.40. The second kappa shape index (κ2) is 4.30. The zero-order chi connectivity index (χ0) is 12.5. The molecular weight excluding hydrogens is 222 g/mol. The lowest BCUT2D eigenvalue weighted by Gasteiger charge is -2.25. The maximum Gasteiger partial charge on any atom is 0.253 e. The third kappa shape index (κ3) is 1.80. The van der Waals surface area contributed by atoms with E-state index in [1.165, 1.54) is 0 Å². The maximum absolute atomic E-state index is 12.1. The van der Waals surface area contributed by atoms with E-state index in [9.17, 15) is 4.79 Å². The van der Waals surface area contributed by atoms with Crippen LogP contribution in [0.3, 0.4) is 0 Å². The average molecular weight is 237 g/mol. The number of nitrogens with zero attached hydrogens (tertiary/aromatic N) is 1. The molecule has 0 saturated carbocycles. The molecule has 1 aliphatic heterocycles. The van der Waals surface area contributed by atoms with Crippen LogP contribution in [0.25, 0.3) is 11.1 Å². The third-order valence-electron chi connectivity index (χ3n) is 3.51. The van der Waals surface area contributed by atoms with Crippen LogP contribution in [0, 0.1) is 0 Å². The molecule has 0 atom stereocenters. The molecular formula is C16H15NO. The molecule has 3 rings (SSSR count). The Labute approximate surface area is 107 Å². The molecule has 2 aromatic rings. The molecule has 2 aromatic carbocycles. The zero-order valence-corrected chi connectivity index (χ0v) is 10.4. The first-order chi connectivity index (χ1) is 8.75. The summed E-state index contributed by atoms with van der Waals surface area (Å²) in [6.45, 7) is 0.816. The van der Waals surface area contributed by atoms with Crippen molar-refractivity contribution < 1.29 is 4.79 Å². The fraction of sp³-hybridized carbons (Fsp3) is 0.188. The Bertz CT molecular complexity index is 589. The first kappa shape index (κ1) is 11.0. The molecule has 18 heavy (non-hydrogen) atoms. The Morgan fingerprint density at radius 2 is 1.78 bits per heavy atom. The summed E-state index contributed by atoms with van der Waals surface area (Å²) in [5.41, 5.74) is 4.28. The Hall–Kier alpha value is -2.09. The first-order valence-corrected chi connectivity index (χ1v) is 6.19. The van der Waals surface area contributed by atoms with Crippen LogP contribution in [-0.2, 0) is 6.42 Å². The molecule has 2 heteroatoms. The highest BCUT2D eigenvalue weighted by molar-refractivity contribution is 5.97. The maximum atomic E-state index is 12.1. The summed E-state index contributed by atoms with van der Waals surface area (Å²) in [7, 11) is 1.86. The van der Waals surface area contributed by atoms with Gasteiger partial charge in [0.25, 0.3) is 5.91 Å². The van der Waals surface area contributed by atoms with Gasteiger partial charge in [-0.1, -0.05) is 42.5 Å². The lowest BCUT2D eigenvalue weighted by molar-refractivity contribution is 0.0781. The van der Waals surface area contributed by atoms with Crippen molar-refractivity contribution in [2.45, 2.75) is 6.42 Å². The quantitative estimate of drug-likeness (QED) is 0.746. The van der Waals surface area contributed by atoms with Gasteiger partial charge in [0.1, 0.15) is 0 Å². The lowest BCUT2D eigenvalue weighted by Crippen LogP contribution is -2.34. The van der Waals surface area contributed by atoms with Gasteiger partial charge in [-0.3, -0.25) is 4.79 Å². The fourth-order valence-corrected chi connectivity index (χ4v) is 2.40. The van der Waals surface area contributed by atoms with Crippen LogP contribution in [0.2, 0.25) is 0 Å². The number of likely N-dealkylation sites (N-methyl/N-ethyl adjacent to an activating group) is 1. The summed E-state index contributed by atoms with van der Waals surface area (Å²) in [5, 5.41) is 0. The van der Waals surface area contributed by atoms with E-state index in [1.54, 1.807) is 4.90 Å². The van der Waals surface area contributed by atoms with Gasteiger partial charge < -0.3 is 4.90 Å². The number of carbonyl (C=O) groups excluding carboxylic acids is 1. The van der Waals surface area contributed by atoms with Crippen LogP contribution in [0.5, 0.6) is 0 Å². The van der Waals surface area contributed by atoms with Gasteiger partial charge in [-0.15, -0.1) is 0 Å². The van der Waals surface area contributed by atoms with Crippen molar-refractivity contribution in [3.63, 3.8) is 0 Å². The van der Waals surface area contributed by atoms with Crippen LogP contribution < -0.4 is 0 Å². The van der Waals surface area contributed by atoms with Crippen molar-refractivity contribution in [3.8, 4) is 11.1 Å². The highest BCUT2D eigenvalue weighted by atomic mass is 16.2. The summed E-state index contributed by atoms with van der Waals surface area (Å²) < 4.78 is 0. The molecule has 0 spiro atoms. The van der Waals surface area contributed by atoms with Crippen molar-refractivity contribution in [1.29, 1.82) is 0 Å². The van der Waals surface area contributed by atoms with Gasteiger partial charge in [0, 0.05) is 19.2 Å². The van der Waals surface area contributed by atoms with Crippen molar-refractivity contribution in [1.82, 2.24) is 4.90 Å². The Balaban J connectivity index is 2.08. The summed E-state index contributed by atoms with van der Waals surface area (Å²) >= 11 is 0. The third-order valence-corrected chi connectivity index (χ3v) is 3.51. The molecule has 1 aliphatic rings. The molecule has 0 fully saturated rings. The number of fused-ring (bicyclic) bond motifs is 1. The molecule has 0 N–H and O–H groups in total. The number of hydrogen-bond donors (Lipinski definition) is 0. The molecule has 0 aromatic heterocycles. The Kier molecular flexibility index (Phi) is 2.63. The molecule has 1 amide bonds. The van der Waals surface area contributed by atoms with Crippen molar-refractivity contribution >= 4 is 5.91 Å². The monoisotopic (exact) mass is 237 g/mol. The van der Waals surface area contributed by atoms with Crippen LogP contribution in [0.4, 0.5) is 0 Å². The van der Waals surface area contributed by atoms with E-state index in [0.29, 0.717) is 0 Å². The van der Waals surface area contributed by atoms with E-state index in [2.05, 4.69) is 24.3 Å². The van der Waals surface area contributed by atoms with Crippen LogP contribution in [-0.4, -0.2) is 24.4 Å². The molecule has 0 radical (unpaired) electrons. The van der Waals surface area contributed by atoms with E-state index in [1.807, 2.05) is 31.3 Å². The van der Waals surface area contributed by atoms with E-state index >= 15 is 0 Å². The zero-order valence-electron chi connectivity index (χ0n) is 10.4. The lowest BCUT2D eigenvalue weighted by atomic mass is 9.94. The Morgan fingerprint density at radius 1 is 1.00 bits per heavy atom. The molecule has 0 aliphatic carbocycles. The number of carbonyl (C=O) groups is 1. The molecule has 0 bridgehead atoms. The second-order valence-corrected chi connectivity index (χ2v) is 4.71. The predicted molar refractivity (Wildman–Crippen MR) is 72.5 cm³/mol. The van der Waals surface area contributed by atoms with E-state index in [-0.39, 0.29) is 5.91 Å². The SMILES string of the molecule is CN1CCc2ccc(-c3ccccc3)cc2C1=O. The van der Waals surface area contributed by atoms with Gasteiger partial charge in [-0.25, -0.2) is 0 Å². The molecule has 1 heterocycles. The predicted octanol–water partition coefficient (Wildman–Crippen LogP) is 2.98. The summed E-state index contributed by atoms with van der Waals surface area (Å²) in [6.07, 6.45) is 0.951. The van der Waals surface area contributed by atoms with Gasteiger partial charge in [0.2, 0.25) is 0 Å². The number of hydrogen-bond acceptors (Lipinski definition) is 1. The average Bonchev–Trinajstić information content (AvgIpc) is 2.44. The number of amides is 1. The van der Waals surface area contributed by atoms with Gasteiger partial charge in [0.15, 0.2) is 0 Å². The van der Waals surface area contributed by atoms with Crippen molar-refractivity contribution in [2.24, 2.45) is 0 Å². The highest BCUT2D eigenvalue weighted by Crippen LogP contribution is 2.25. The second-order valence-electron chi connectivity index (χ2n) is 4.71. The Morgan fingerprint density at radius 3 is 2.56 bits per heavy atom. The standard InChI is InChI=1S/C16H15NO/c1-17-10-9-13-7-8-14(11-15(13)16(17)18)12-5-3-2-4-6-12/h2-8,11H,9-10H2,1H3. The molecule has 0 unspecified atom stereocenters. The normalized spacial score (nSPS) is 14.5. The van der Waals surface area contributed by atoms with E-state index in [4.69, 9.17) is 0 Å². The summed E-state index contributed by atoms with van der Waals surface area (Å²) in [4.78, 5) is 13.9. The topological polar surface area (TPSA) is 20.3 Å². The van der Waals surface area contributed by atoms with Gasteiger partial charge in [-0.2, -0.15) is 0 Å². The minimum absolute atomic E-state index is 0.133. The summed E-state index contributed by atoms with van der Waals surface area (Å²) in [5.74, 6) is 0.133. The number of benzene rings is 2. The first-order valence-electron chi connectivity index (χ1n) is 6.19. The van der Waals surface area contributed by atoms with Gasteiger partial charge in [0.05, 0.1) is 0 Å². The molecule has 2 nitrogen and oxygen atoms in total. The molecule has 90 valence electrons. The highest BCUT2D eigenvalue weighted by Gasteiger charge is 2.21. The van der Waals surface area contributed by atoms with E-state index in [0.717, 1.165) is 35.2 Å². The minimum atomic E-state index is 0.133. The van der Waals surface area contributed by atoms with Crippen molar-refractivity contribution in [3.05, 3.63) is 59.7 Å². The van der Waals surface area contributed by atoms with Crippen molar-refractivity contribution in [2.75, 3.05) is 13.6 Å². The molecule has 0 saturated heterocycles. The van der Waals surface area contributed by atoms with Gasteiger partial charge in [-0.05, 0) is 29.2 Å². The van der Waals surface area contributed by atoms with Crippen LogP contribution >= 0.6 is 0 Å². The smallest absolute Gasteiger partial charge is 0.253 e.